The molecule has 1 amide bonds. The van der Waals surface area contributed by atoms with Crippen molar-refractivity contribution in [2.75, 3.05) is 26.5 Å². The number of nitrogens with one attached hydrogen (secondary N) is 1. The summed E-state index contributed by atoms with van der Waals surface area (Å²) in [6.07, 6.45) is 0.752. The maximum absolute atomic E-state index is 12.7. The van der Waals surface area contributed by atoms with Crippen molar-refractivity contribution in [3.8, 4) is 17.2 Å². The van der Waals surface area contributed by atoms with E-state index in [-0.39, 0.29) is 17.4 Å². The van der Waals surface area contributed by atoms with Crippen molar-refractivity contribution < 1.29 is 19.4 Å². The number of thioether (sulfide) groups is 1. The van der Waals surface area contributed by atoms with Gasteiger partial charge in [0.05, 0.1) is 20.0 Å². The molecule has 10 heteroatoms. The molecule has 1 aliphatic heterocycles. The van der Waals surface area contributed by atoms with Crippen LogP contribution < -0.4 is 15.0 Å². The molecule has 2 N–H and O–H groups in total. The van der Waals surface area contributed by atoms with Crippen LogP contribution in [-0.4, -0.2) is 52.4 Å². The number of hydrogen-bond donors (Lipinski definition) is 2. The number of ether oxygens (including phenoxy) is 2. The van der Waals surface area contributed by atoms with Crippen molar-refractivity contribution in [1.82, 2.24) is 14.9 Å². The first-order chi connectivity index (χ1) is 14.0. The first kappa shape index (κ1) is 19.6. The molecule has 29 heavy (non-hydrogen) atoms. The van der Waals surface area contributed by atoms with Crippen LogP contribution in [0.15, 0.2) is 27.3 Å². The molecule has 3 heterocycles. The molecule has 0 aliphatic carbocycles. The largest absolute Gasteiger partial charge is 0.506 e. The molecule has 0 radical (unpaired) electrons. The molecule has 0 atom stereocenters. The van der Waals surface area contributed by atoms with E-state index in [9.17, 15) is 14.7 Å². The second-order valence-electron chi connectivity index (χ2n) is 6.51. The number of pyridine rings is 1. The van der Waals surface area contributed by atoms with Crippen molar-refractivity contribution in [1.29, 1.82) is 0 Å². The molecule has 152 valence electrons. The Labute approximate surface area is 174 Å². The molecule has 0 bridgehead atoms. The average Bonchev–Trinajstić information content (AvgIpc) is 3.13. The Morgan fingerprint density at radius 1 is 1.28 bits per heavy atom. The molecule has 0 unspecified atom stereocenters. The van der Waals surface area contributed by atoms with Crippen molar-refractivity contribution in [2.45, 2.75) is 17.3 Å². The van der Waals surface area contributed by atoms with Crippen LogP contribution in [0.5, 0.6) is 17.2 Å². The number of fused-ring (bicyclic) bond motifs is 2. The number of carbonyl (C=O) groups excluding carboxylic acids is 1. The fraction of sp³-hybridized carbons (Fsp3) is 0.316. The molecule has 0 saturated carbocycles. The fourth-order valence-corrected chi connectivity index (χ4v) is 5.19. The SMILES string of the molecule is COc1cc2c(cc1OC)CN(C(=O)CSc1nc3[nH]c(=O)cc(O)c3s1)CC2. The molecule has 0 fully saturated rings. The minimum atomic E-state index is -0.410. The Morgan fingerprint density at radius 2 is 2.00 bits per heavy atom. The summed E-state index contributed by atoms with van der Waals surface area (Å²) in [5, 5.41) is 9.87. The summed E-state index contributed by atoms with van der Waals surface area (Å²) in [6.45, 7) is 1.15. The van der Waals surface area contributed by atoms with Crippen LogP contribution in [-0.2, 0) is 17.8 Å². The highest BCUT2D eigenvalue weighted by Crippen LogP contribution is 2.35. The number of methoxy groups -OCH3 is 2. The topological polar surface area (TPSA) is 105 Å². The van der Waals surface area contributed by atoms with Gasteiger partial charge in [0.25, 0.3) is 5.56 Å². The number of aromatic amines is 1. The van der Waals surface area contributed by atoms with Crippen molar-refractivity contribution in [3.63, 3.8) is 0 Å². The smallest absolute Gasteiger partial charge is 0.253 e. The fourth-order valence-electron chi connectivity index (χ4n) is 3.27. The van der Waals surface area contributed by atoms with Crippen LogP contribution >= 0.6 is 23.1 Å². The number of benzene rings is 1. The second kappa shape index (κ2) is 7.96. The molecule has 0 spiro atoms. The maximum atomic E-state index is 12.7. The lowest BCUT2D eigenvalue weighted by Crippen LogP contribution is -2.37. The summed E-state index contributed by atoms with van der Waals surface area (Å²) in [5.74, 6) is 1.48. The summed E-state index contributed by atoms with van der Waals surface area (Å²) in [7, 11) is 3.20. The maximum Gasteiger partial charge on any atom is 0.253 e. The number of hydrogen-bond acceptors (Lipinski definition) is 8. The Hall–Kier alpha value is -2.72. The highest BCUT2D eigenvalue weighted by atomic mass is 32.2. The highest BCUT2D eigenvalue weighted by molar-refractivity contribution is 8.01. The van der Waals surface area contributed by atoms with Crippen LogP contribution in [0.1, 0.15) is 11.1 Å². The van der Waals surface area contributed by atoms with Gasteiger partial charge in [0, 0.05) is 19.2 Å². The standard InChI is InChI=1S/C19H19N3O5S2/c1-26-13-5-10-3-4-22(8-11(10)6-14(13)27-2)16(25)9-28-19-21-18-17(29-19)12(23)7-15(24)20-18/h5-7H,3-4,8-9H2,1-2H3,(H2,20,23,24). The molecule has 2 aromatic heterocycles. The van der Waals surface area contributed by atoms with Crippen molar-refractivity contribution in [3.05, 3.63) is 39.7 Å². The number of thiazole rings is 1. The van der Waals surface area contributed by atoms with E-state index in [1.807, 2.05) is 17.0 Å². The molecule has 3 aromatic rings. The molecule has 0 saturated heterocycles. The lowest BCUT2D eigenvalue weighted by molar-refractivity contribution is -0.129. The summed E-state index contributed by atoms with van der Waals surface area (Å²) in [5.41, 5.74) is 2.13. The first-order valence-corrected chi connectivity index (χ1v) is 10.7. The van der Waals surface area contributed by atoms with Gasteiger partial charge >= 0.3 is 0 Å². The van der Waals surface area contributed by atoms with Crippen molar-refractivity contribution >= 4 is 39.4 Å². The van der Waals surface area contributed by atoms with Crippen molar-refractivity contribution in [2.24, 2.45) is 0 Å². The van der Waals surface area contributed by atoms with Gasteiger partial charge in [-0.15, -0.1) is 11.3 Å². The Kier molecular flexibility index (Phi) is 5.37. The van der Waals surface area contributed by atoms with E-state index in [2.05, 4.69) is 9.97 Å². The highest BCUT2D eigenvalue weighted by Gasteiger charge is 2.23. The van der Waals surface area contributed by atoms with Gasteiger partial charge in [-0.2, -0.15) is 0 Å². The van der Waals surface area contributed by atoms with Gasteiger partial charge in [-0.05, 0) is 29.7 Å². The summed E-state index contributed by atoms with van der Waals surface area (Å²) >= 11 is 2.55. The Bertz CT molecular complexity index is 1140. The van der Waals surface area contributed by atoms with E-state index in [1.54, 1.807) is 14.2 Å². The van der Waals surface area contributed by atoms with Crippen LogP contribution in [0.4, 0.5) is 0 Å². The average molecular weight is 434 g/mol. The van der Waals surface area contributed by atoms with E-state index in [0.29, 0.717) is 39.3 Å². The van der Waals surface area contributed by atoms with Gasteiger partial charge in [-0.1, -0.05) is 11.8 Å². The minimum absolute atomic E-state index is 0.00686. The van der Waals surface area contributed by atoms with E-state index in [1.165, 1.54) is 23.1 Å². The number of carbonyl (C=O) groups is 1. The summed E-state index contributed by atoms with van der Waals surface area (Å²) in [6, 6.07) is 5.01. The summed E-state index contributed by atoms with van der Waals surface area (Å²) < 4.78 is 11.8. The molecule has 1 aromatic carbocycles. The minimum Gasteiger partial charge on any atom is -0.506 e. The second-order valence-corrected chi connectivity index (χ2v) is 8.73. The molecule has 8 nitrogen and oxygen atoms in total. The van der Waals surface area contributed by atoms with Gasteiger partial charge < -0.3 is 24.5 Å². The zero-order valence-electron chi connectivity index (χ0n) is 15.9. The van der Waals surface area contributed by atoms with E-state index < -0.39 is 5.56 Å². The number of amides is 1. The van der Waals surface area contributed by atoms with E-state index >= 15 is 0 Å². The third-order valence-corrected chi connectivity index (χ3v) is 6.95. The molecular formula is C19H19N3O5S2. The number of H-pyrrole nitrogens is 1. The lowest BCUT2D eigenvalue weighted by Gasteiger charge is -2.29. The predicted molar refractivity (Wildman–Crippen MR) is 111 cm³/mol. The normalized spacial score (nSPS) is 13.4. The Balaban J connectivity index is 1.45. The quantitative estimate of drug-likeness (QED) is 0.595. The molecule has 4 rings (SSSR count). The van der Waals surface area contributed by atoms with Gasteiger partial charge in [0.15, 0.2) is 21.5 Å². The lowest BCUT2D eigenvalue weighted by atomic mass is 9.99. The van der Waals surface area contributed by atoms with Crippen LogP contribution in [0.3, 0.4) is 0 Å². The number of aromatic nitrogens is 2. The number of aromatic hydroxyl groups is 1. The van der Waals surface area contributed by atoms with Crippen LogP contribution in [0.25, 0.3) is 10.3 Å². The Morgan fingerprint density at radius 3 is 2.72 bits per heavy atom. The van der Waals surface area contributed by atoms with Crippen LogP contribution in [0.2, 0.25) is 0 Å². The predicted octanol–water partition coefficient (Wildman–Crippen LogP) is 2.38. The van der Waals surface area contributed by atoms with Gasteiger partial charge in [-0.25, -0.2) is 4.98 Å². The summed E-state index contributed by atoms with van der Waals surface area (Å²) in [4.78, 5) is 32.8. The van der Waals surface area contributed by atoms with E-state index in [4.69, 9.17) is 9.47 Å². The van der Waals surface area contributed by atoms with Gasteiger partial charge in [0.1, 0.15) is 10.4 Å². The van der Waals surface area contributed by atoms with E-state index in [0.717, 1.165) is 23.6 Å². The monoisotopic (exact) mass is 433 g/mol. The zero-order valence-corrected chi connectivity index (χ0v) is 17.5. The van der Waals surface area contributed by atoms with Gasteiger partial charge in [-0.3, -0.25) is 9.59 Å². The van der Waals surface area contributed by atoms with Gasteiger partial charge in [0.2, 0.25) is 5.91 Å². The third-order valence-electron chi connectivity index (χ3n) is 4.74. The molecular weight excluding hydrogens is 414 g/mol. The third kappa shape index (κ3) is 3.90. The van der Waals surface area contributed by atoms with Crippen LogP contribution in [0, 0.1) is 0 Å². The number of nitrogens with zero attached hydrogens (tertiary/aromatic N) is 2. The molecule has 1 aliphatic rings. The first-order valence-electron chi connectivity index (χ1n) is 8.85. The zero-order chi connectivity index (χ0) is 20.5. The number of rotatable bonds is 5.